The predicted molar refractivity (Wildman–Crippen MR) is 114 cm³/mol. The summed E-state index contributed by atoms with van der Waals surface area (Å²) in [7, 11) is 0. The third kappa shape index (κ3) is 3.22. The molecule has 5 nitrogen and oxygen atoms in total. The third-order valence-electron chi connectivity index (χ3n) is 9.86. The Hall–Kier alpha value is -1.10. The average molecular weight is 421 g/mol. The molecule has 1 spiro atoms. The van der Waals surface area contributed by atoms with Gasteiger partial charge < -0.3 is 14.9 Å². The largest absolute Gasteiger partial charge is 0.481 e. The number of esters is 1. The molecule has 0 aliphatic heterocycles. The van der Waals surface area contributed by atoms with Crippen molar-refractivity contribution in [1.29, 1.82) is 0 Å². The molecule has 4 fully saturated rings. The van der Waals surface area contributed by atoms with Crippen molar-refractivity contribution >= 4 is 11.9 Å². The number of fused-ring (bicyclic) bond motifs is 3. The maximum atomic E-state index is 12.2. The number of hydrogen-bond acceptors (Lipinski definition) is 4. The fourth-order valence-electron chi connectivity index (χ4n) is 8.64. The molecule has 4 rings (SSSR count). The van der Waals surface area contributed by atoms with Gasteiger partial charge in [0.2, 0.25) is 0 Å². The van der Waals surface area contributed by atoms with E-state index in [1.54, 1.807) is 0 Å². The summed E-state index contributed by atoms with van der Waals surface area (Å²) in [4.78, 5) is 24.3. The zero-order valence-corrected chi connectivity index (χ0v) is 19.2. The van der Waals surface area contributed by atoms with Crippen LogP contribution in [0.3, 0.4) is 0 Å². The molecule has 5 heteroatoms. The zero-order valence-electron chi connectivity index (χ0n) is 19.2. The van der Waals surface area contributed by atoms with Gasteiger partial charge in [-0.1, -0.05) is 27.2 Å². The minimum atomic E-state index is -0.921. The molecule has 2 unspecified atom stereocenters. The number of carboxylic acid groups (broad SMARTS) is 1. The molecular weight excluding hydrogens is 380 g/mol. The van der Waals surface area contributed by atoms with E-state index in [4.69, 9.17) is 4.74 Å². The van der Waals surface area contributed by atoms with Crippen LogP contribution in [0.2, 0.25) is 0 Å². The van der Waals surface area contributed by atoms with Gasteiger partial charge in [-0.3, -0.25) is 9.59 Å². The van der Waals surface area contributed by atoms with Gasteiger partial charge in [-0.25, -0.2) is 0 Å². The van der Waals surface area contributed by atoms with E-state index in [0.717, 1.165) is 51.4 Å². The summed E-state index contributed by atoms with van der Waals surface area (Å²) in [5, 5.41) is 21.6. The molecule has 0 aromatic heterocycles. The molecule has 170 valence electrons. The van der Waals surface area contributed by atoms with Crippen molar-refractivity contribution in [2.45, 2.75) is 97.5 Å². The summed E-state index contributed by atoms with van der Waals surface area (Å²) in [5.41, 5.74) is -1.46. The Balaban J connectivity index is 1.55. The zero-order chi connectivity index (χ0) is 21.9. The molecule has 2 N–H and O–H groups in total. The van der Waals surface area contributed by atoms with E-state index in [0.29, 0.717) is 18.8 Å². The molecule has 0 aromatic carbocycles. The van der Waals surface area contributed by atoms with Crippen molar-refractivity contribution in [3.63, 3.8) is 0 Å². The second-order valence-corrected chi connectivity index (χ2v) is 12.1. The lowest BCUT2D eigenvalue weighted by atomic mass is 9.41. The Morgan fingerprint density at radius 2 is 1.80 bits per heavy atom. The highest BCUT2D eigenvalue weighted by Crippen LogP contribution is 2.72. The quantitative estimate of drug-likeness (QED) is 0.624. The van der Waals surface area contributed by atoms with Crippen LogP contribution >= 0.6 is 0 Å². The van der Waals surface area contributed by atoms with Gasteiger partial charge in [0.15, 0.2) is 0 Å². The fourth-order valence-corrected chi connectivity index (χ4v) is 8.64. The lowest BCUT2D eigenvalue weighted by Gasteiger charge is -2.63. The molecular formula is C25H40O5. The fraction of sp³-hybridized carbons (Fsp3) is 0.920. The number of aliphatic carboxylic acids is 1. The van der Waals surface area contributed by atoms with Crippen molar-refractivity contribution in [3.8, 4) is 0 Å². The Morgan fingerprint density at radius 1 is 1.07 bits per heavy atom. The highest BCUT2D eigenvalue weighted by molar-refractivity contribution is 5.75. The lowest BCUT2D eigenvalue weighted by molar-refractivity contribution is -0.181. The Bertz CT molecular complexity index is 718. The van der Waals surface area contributed by atoms with Gasteiger partial charge in [0, 0.05) is 6.42 Å². The Morgan fingerprint density at radius 3 is 2.47 bits per heavy atom. The molecule has 4 aliphatic rings. The maximum absolute atomic E-state index is 12.2. The summed E-state index contributed by atoms with van der Waals surface area (Å²) >= 11 is 0. The van der Waals surface area contributed by atoms with Crippen molar-refractivity contribution in [1.82, 2.24) is 0 Å². The Kier molecular flexibility index (Phi) is 5.32. The highest BCUT2D eigenvalue weighted by atomic mass is 16.5. The van der Waals surface area contributed by atoms with Gasteiger partial charge in [0.1, 0.15) is 12.2 Å². The first kappa shape index (κ1) is 22.1. The predicted octanol–water partition coefficient (Wildman–Crippen LogP) is 4.80. The second kappa shape index (κ2) is 7.21. The van der Waals surface area contributed by atoms with Gasteiger partial charge in [-0.05, 0) is 92.8 Å². The van der Waals surface area contributed by atoms with E-state index >= 15 is 0 Å². The minimum Gasteiger partial charge on any atom is -0.481 e. The van der Waals surface area contributed by atoms with Crippen LogP contribution in [0, 0.1) is 39.9 Å². The number of carbonyl (C=O) groups excluding carboxylic acids is 1. The first-order chi connectivity index (χ1) is 14.0. The van der Waals surface area contributed by atoms with E-state index < -0.39 is 17.0 Å². The number of hydrogen-bond donors (Lipinski definition) is 2. The number of carbonyl (C=O) groups is 2. The standard InChI is InChI=1S/C25H40O5/c1-16(2)12-20(26)30-15-25(29)14-24-11-8-18-22(3,19(24)7-6-17(25)13-24)9-5-10-23(18,4)21(27)28/h16-19,29H,5-15H2,1-4H3,(H,27,28)/t17-,18?,19?,22-,23-,24+,25+/m1/s1. The monoisotopic (exact) mass is 420 g/mol. The Labute approximate surface area is 180 Å². The van der Waals surface area contributed by atoms with Crippen LogP contribution in [-0.2, 0) is 14.3 Å². The van der Waals surface area contributed by atoms with Gasteiger partial charge in [0.25, 0.3) is 0 Å². The average Bonchev–Trinajstić information content (AvgIpc) is 2.85. The van der Waals surface area contributed by atoms with Crippen LogP contribution in [0.25, 0.3) is 0 Å². The maximum Gasteiger partial charge on any atom is 0.309 e. The van der Waals surface area contributed by atoms with E-state index in [-0.39, 0.29) is 41.2 Å². The number of carboxylic acids is 1. The van der Waals surface area contributed by atoms with Crippen LogP contribution in [0.5, 0.6) is 0 Å². The van der Waals surface area contributed by atoms with Gasteiger partial charge >= 0.3 is 11.9 Å². The highest BCUT2D eigenvalue weighted by Gasteiger charge is 2.68. The van der Waals surface area contributed by atoms with E-state index in [1.165, 1.54) is 0 Å². The summed E-state index contributed by atoms with van der Waals surface area (Å²) in [6.07, 6.45) is 8.90. The second-order valence-electron chi connectivity index (χ2n) is 12.1. The smallest absolute Gasteiger partial charge is 0.309 e. The minimum absolute atomic E-state index is 0.0220. The molecule has 0 radical (unpaired) electrons. The molecule has 0 amide bonds. The van der Waals surface area contributed by atoms with Crippen LogP contribution in [-0.4, -0.2) is 34.4 Å². The first-order valence-corrected chi connectivity index (χ1v) is 12.1. The van der Waals surface area contributed by atoms with Crippen molar-refractivity contribution < 1.29 is 24.5 Å². The van der Waals surface area contributed by atoms with Crippen LogP contribution < -0.4 is 0 Å². The van der Waals surface area contributed by atoms with Gasteiger partial charge in [-0.2, -0.15) is 0 Å². The van der Waals surface area contributed by atoms with Crippen molar-refractivity contribution in [3.05, 3.63) is 0 Å². The van der Waals surface area contributed by atoms with Crippen LogP contribution in [0.4, 0.5) is 0 Å². The molecule has 7 atom stereocenters. The van der Waals surface area contributed by atoms with E-state index in [9.17, 15) is 19.8 Å². The molecule has 30 heavy (non-hydrogen) atoms. The molecule has 4 aliphatic carbocycles. The van der Waals surface area contributed by atoms with Crippen molar-refractivity contribution in [2.75, 3.05) is 6.61 Å². The normalized spacial score (nSPS) is 47.5. The van der Waals surface area contributed by atoms with E-state index in [1.807, 2.05) is 20.8 Å². The van der Waals surface area contributed by atoms with Gasteiger partial charge in [-0.15, -0.1) is 0 Å². The third-order valence-corrected chi connectivity index (χ3v) is 9.86. The lowest BCUT2D eigenvalue weighted by Crippen LogP contribution is -2.58. The number of ether oxygens (including phenoxy) is 1. The van der Waals surface area contributed by atoms with E-state index in [2.05, 4.69) is 6.92 Å². The molecule has 2 bridgehead atoms. The summed E-state index contributed by atoms with van der Waals surface area (Å²) in [6, 6.07) is 0. The number of aliphatic hydroxyl groups is 1. The summed E-state index contributed by atoms with van der Waals surface area (Å²) < 4.78 is 5.55. The van der Waals surface area contributed by atoms with Crippen molar-refractivity contribution in [2.24, 2.45) is 39.9 Å². The molecule has 0 aromatic rings. The molecule has 0 saturated heterocycles. The SMILES string of the molecule is CC(C)CC(=O)OC[C@@]1(O)C[C@@]23CCC4[C@@](C)(CCC[C@@]4(C)C(=O)O)C2CC[C@@H]1C3. The van der Waals surface area contributed by atoms with Crippen LogP contribution in [0.15, 0.2) is 0 Å². The number of rotatable bonds is 5. The van der Waals surface area contributed by atoms with Crippen LogP contribution in [0.1, 0.15) is 91.9 Å². The topological polar surface area (TPSA) is 83.8 Å². The summed E-state index contributed by atoms with van der Waals surface area (Å²) in [5.74, 6) is 0.260. The first-order valence-electron chi connectivity index (χ1n) is 12.1. The summed E-state index contributed by atoms with van der Waals surface area (Å²) in [6.45, 7) is 8.43. The van der Waals surface area contributed by atoms with Gasteiger partial charge in [0.05, 0.1) is 5.41 Å². The molecule has 0 heterocycles. The molecule has 4 saturated carbocycles.